The first-order valence-corrected chi connectivity index (χ1v) is 10.2. The average Bonchev–Trinajstić information content (AvgIpc) is 2.72. The van der Waals surface area contributed by atoms with Crippen molar-refractivity contribution >= 4 is 23.4 Å². The van der Waals surface area contributed by atoms with Crippen molar-refractivity contribution in [1.82, 2.24) is 9.80 Å². The van der Waals surface area contributed by atoms with Crippen molar-refractivity contribution in [1.29, 1.82) is 0 Å². The molecule has 0 unspecified atom stereocenters. The number of halogens is 1. The molecule has 0 saturated carbocycles. The number of hydrogen-bond donors (Lipinski definition) is 0. The number of nitrogens with zero attached hydrogens (tertiary/aromatic N) is 3. The second-order valence-electron chi connectivity index (χ2n) is 7.31. The van der Waals surface area contributed by atoms with Crippen molar-refractivity contribution in [3.05, 3.63) is 29.3 Å². The fraction of sp³-hybridized carbons (Fsp3) is 0.650. The lowest BCUT2D eigenvalue weighted by molar-refractivity contribution is 0.0628. The smallest absolute Gasteiger partial charge is 0.409 e. The number of carbonyl (C=O) groups excluding carboxylic acids is 1. The Labute approximate surface area is 167 Å². The van der Waals surface area contributed by atoms with Crippen LogP contribution in [0.5, 0.6) is 0 Å². The van der Waals surface area contributed by atoms with Crippen molar-refractivity contribution in [2.24, 2.45) is 5.92 Å². The molecule has 27 heavy (non-hydrogen) atoms. The molecule has 6 nitrogen and oxygen atoms in total. The molecule has 0 bridgehead atoms. The molecule has 2 heterocycles. The van der Waals surface area contributed by atoms with Crippen LogP contribution in [-0.4, -0.2) is 82.0 Å². The van der Waals surface area contributed by atoms with E-state index in [1.165, 1.54) is 0 Å². The highest BCUT2D eigenvalue weighted by Gasteiger charge is 2.25. The van der Waals surface area contributed by atoms with Crippen LogP contribution in [0.2, 0.25) is 5.02 Å². The van der Waals surface area contributed by atoms with E-state index >= 15 is 0 Å². The van der Waals surface area contributed by atoms with Gasteiger partial charge in [-0.2, -0.15) is 0 Å². The zero-order valence-electron chi connectivity index (χ0n) is 16.1. The summed E-state index contributed by atoms with van der Waals surface area (Å²) in [5.74, 6) is 0.475. The third-order valence-electron chi connectivity index (χ3n) is 5.49. The Morgan fingerprint density at radius 3 is 2.37 bits per heavy atom. The Kier molecular flexibility index (Phi) is 7.61. The summed E-state index contributed by atoms with van der Waals surface area (Å²) in [7, 11) is 1.74. The second kappa shape index (κ2) is 10.2. The zero-order chi connectivity index (χ0) is 19.1. The summed E-state index contributed by atoms with van der Waals surface area (Å²) in [6.07, 6.45) is 2.00. The largest absolute Gasteiger partial charge is 0.449 e. The van der Waals surface area contributed by atoms with Crippen molar-refractivity contribution in [2.75, 3.05) is 71.0 Å². The minimum Gasteiger partial charge on any atom is -0.449 e. The lowest BCUT2D eigenvalue weighted by Gasteiger charge is -2.36. The van der Waals surface area contributed by atoms with Crippen molar-refractivity contribution < 1.29 is 14.3 Å². The molecule has 0 atom stereocenters. The summed E-state index contributed by atoms with van der Waals surface area (Å²) < 4.78 is 10.7. The van der Waals surface area contributed by atoms with Gasteiger partial charge in [0.1, 0.15) is 0 Å². The Bertz CT molecular complexity index is 583. The SMILES string of the molecule is COCCN1CCC(COC(=O)N2CCN(c3ccc(Cl)cc3)CC2)CC1. The Morgan fingerprint density at radius 2 is 1.74 bits per heavy atom. The normalized spacial score (nSPS) is 19.3. The number of benzene rings is 1. The molecular formula is C20H30ClN3O3. The number of carbonyl (C=O) groups is 1. The van der Waals surface area contributed by atoms with E-state index in [9.17, 15) is 4.79 Å². The van der Waals surface area contributed by atoms with Crippen LogP contribution < -0.4 is 4.90 Å². The lowest BCUT2D eigenvalue weighted by atomic mass is 9.98. The van der Waals surface area contributed by atoms with Gasteiger partial charge in [-0.25, -0.2) is 4.79 Å². The minimum absolute atomic E-state index is 0.174. The maximum atomic E-state index is 12.4. The van der Waals surface area contributed by atoms with Crippen molar-refractivity contribution in [3.8, 4) is 0 Å². The van der Waals surface area contributed by atoms with Gasteiger partial charge in [0, 0.05) is 50.5 Å². The summed E-state index contributed by atoms with van der Waals surface area (Å²) in [6.45, 7) is 7.44. The van der Waals surface area contributed by atoms with Crippen LogP contribution in [0, 0.1) is 5.92 Å². The molecule has 0 spiro atoms. The molecule has 2 saturated heterocycles. The van der Waals surface area contributed by atoms with E-state index in [4.69, 9.17) is 21.1 Å². The molecule has 1 aromatic rings. The van der Waals surface area contributed by atoms with E-state index in [0.29, 0.717) is 25.6 Å². The number of piperidine rings is 1. The molecule has 3 rings (SSSR count). The molecule has 0 aromatic heterocycles. The number of ether oxygens (including phenoxy) is 2. The molecular weight excluding hydrogens is 366 g/mol. The minimum atomic E-state index is -0.174. The van der Waals surface area contributed by atoms with Crippen molar-refractivity contribution in [2.45, 2.75) is 12.8 Å². The van der Waals surface area contributed by atoms with Gasteiger partial charge in [0.05, 0.1) is 13.2 Å². The summed E-state index contributed by atoms with van der Waals surface area (Å²) in [5.41, 5.74) is 1.15. The van der Waals surface area contributed by atoms with Crippen LogP contribution >= 0.6 is 11.6 Å². The number of likely N-dealkylation sites (tertiary alicyclic amines) is 1. The third-order valence-corrected chi connectivity index (χ3v) is 5.74. The maximum absolute atomic E-state index is 12.4. The number of rotatable bonds is 6. The Hall–Kier alpha value is -1.50. The Balaban J connectivity index is 1.34. The molecule has 0 radical (unpaired) electrons. The first-order valence-electron chi connectivity index (χ1n) is 9.79. The van der Waals surface area contributed by atoms with Crippen molar-refractivity contribution in [3.63, 3.8) is 0 Å². The molecule has 1 amide bonds. The van der Waals surface area contributed by atoms with Gasteiger partial charge >= 0.3 is 6.09 Å². The molecule has 0 aliphatic carbocycles. The molecule has 150 valence electrons. The first kappa shape index (κ1) is 20.2. The predicted molar refractivity (Wildman–Crippen MR) is 108 cm³/mol. The van der Waals surface area contributed by atoms with Gasteiger partial charge in [0.15, 0.2) is 0 Å². The van der Waals surface area contributed by atoms with Crippen LogP contribution in [0.1, 0.15) is 12.8 Å². The summed E-state index contributed by atoms with van der Waals surface area (Å²) in [4.78, 5) is 18.9. The topological polar surface area (TPSA) is 45.3 Å². The molecule has 7 heteroatoms. The average molecular weight is 396 g/mol. The fourth-order valence-corrected chi connectivity index (χ4v) is 3.80. The van der Waals surface area contributed by atoms with Crippen LogP contribution in [0.3, 0.4) is 0 Å². The standard InChI is InChI=1S/C20H30ClN3O3/c1-26-15-14-22-8-6-17(7-9-22)16-27-20(25)24-12-10-23(11-13-24)19-4-2-18(21)3-5-19/h2-5,17H,6-16H2,1H3. The van der Waals surface area contributed by atoms with Gasteiger partial charge in [-0.15, -0.1) is 0 Å². The summed E-state index contributed by atoms with van der Waals surface area (Å²) in [5, 5.41) is 0.741. The van der Waals surface area contributed by atoms with E-state index in [1.54, 1.807) is 7.11 Å². The van der Waals surface area contributed by atoms with Crippen LogP contribution in [0.25, 0.3) is 0 Å². The van der Waals surface area contributed by atoms with Crippen LogP contribution in [-0.2, 0) is 9.47 Å². The molecule has 2 aliphatic rings. The lowest BCUT2D eigenvalue weighted by Crippen LogP contribution is -2.49. The van der Waals surface area contributed by atoms with E-state index in [1.807, 2.05) is 29.2 Å². The quantitative estimate of drug-likeness (QED) is 0.741. The van der Waals surface area contributed by atoms with Gasteiger partial charge < -0.3 is 24.2 Å². The van der Waals surface area contributed by atoms with E-state index in [0.717, 1.165) is 62.9 Å². The number of amides is 1. The van der Waals surface area contributed by atoms with Gasteiger partial charge in [-0.1, -0.05) is 11.6 Å². The highest BCUT2D eigenvalue weighted by atomic mass is 35.5. The Morgan fingerprint density at radius 1 is 1.07 bits per heavy atom. The molecule has 2 fully saturated rings. The number of anilines is 1. The summed E-state index contributed by atoms with van der Waals surface area (Å²) >= 11 is 5.95. The fourth-order valence-electron chi connectivity index (χ4n) is 3.68. The monoisotopic (exact) mass is 395 g/mol. The van der Waals surface area contributed by atoms with E-state index in [2.05, 4.69) is 9.80 Å². The highest BCUT2D eigenvalue weighted by molar-refractivity contribution is 6.30. The zero-order valence-corrected chi connectivity index (χ0v) is 16.9. The molecule has 1 aromatic carbocycles. The van der Waals surface area contributed by atoms with Crippen LogP contribution in [0.15, 0.2) is 24.3 Å². The van der Waals surface area contributed by atoms with E-state index < -0.39 is 0 Å². The van der Waals surface area contributed by atoms with Gasteiger partial charge in [-0.3, -0.25) is 0 Å². The first-order chi connectivity index (χ1) is 13.2. The van der Waals surface area contributed by atoms with E-state index in [-0.39, 0.29) is 6.09 Å². The highest BCUT2D eigenvalue weighted by Crippen LogP contribution is 2.20. The van der Waals surface area contributed by atoms with Crippen LogP contribution in [0.4, 0.5) is 10.5 Å². The second-order valence-corrected chi connectivity index (χ2v) is 7.74. The van der Waals surface area contributed by atoms with Gasteiger partial charge in [0.2, 0.25) is 0 Å². The predicted octanol–water partition coefficient (Wildman–Crippen LogP) is 2.96. The number of hydrogen-bond acceptors (Lipinski definition) is 5. The number of methoxy groups -OCH3 is 1. The van der Waals surface area contributed by atoms with Gasteiger partial charge in [0.25, 0.3) is 0 Å². The summed E-state index contributed by atoms with van der Waals surface area (Å²) in [6, 6.07) is 7.85. The number of piperazine rings is 1. The molecule has 2 aliphatic heterocycles. The van der Waals surface area contributed by atoms with Gasteiger partial charge in [-0.05, 0) is 56.1 Å². The molecule has 0 N–H and O–H groups in total. The maximum Gasteiger partial charge on any atom is 0.409 e. The third kappa shape index (κ3) is 5.99.